The number of carboxylic acids is 1. The molecule has 2 heterocycles. The van der Waals surface area contributed by atoms with E-state index in [-0.39, 0.29) is 24.3 Å². The molecule has 1 fully saturated rings. The van der Waals surface area contributed by atoms with Gasteiger partial charge in [0, 0.05) is 18.7 Å². The average Bonchev–Trinajstić information content (AvgIpc) is 3.67. The fraction of sp³-hybridized carbons (Fsp3) is 0.419. The number of likely N-dealkylation sites (tertiary alicyclic amines) is 1. The van der Waals surface area contributed by atoms with Crippen LogP contribution in [0.5, 0.6) is 17.2 Å². The van der Waals surface area contributed by atoms with Crippen LogP contribution in [0.3, 0.4) is 0 Å². The van der Waals surface area contributed by atoms with Crippen LogP contribution in [0.4, 0.5) is 5.82 Å². The molecule has 0 spiro atoms. The van der Waals surface area contributed by atoms with Gasteiger partial charge in [0.15, 0.2) is 17.3 Å². The number of carboxylic acid groups (broad SMARTS) is 1. The van der Waals surface area contributed by atoms with E-state index in [2.05, 4.69) is 17.2 Å². The number of rotatable bonds is 15. The number of aromatic nitrogens is 2. The Labute approximate surface area is 267 Å². The van der Waals surface area contributed by atoms with Crippen molar-refractivity contribution in [2.24, 2.45) is 0 Å². The second-order valence-corrected chi connectivity index (χ2v) is 12.2. The average molecular weight is 659 g/mol. The number of carbonyl (C=O) groups is 3. The molecule has 0 radical (unpaired) electrons. The lowest BCUT2D eigenvalue weighted by molar-refractivity contribution is -0.149. The Kier molecular flexibility index (Phi) is 11.2. The molecule has 2 amide bonds. The monoisotopic (exact) mass is 658 g/mol. The number of hydrogen-bond donors (Lipinski definition) is 3. The lowest BCUT2D eigenvalue weighted by atomic mass is 10.1. The number of imidazole rings is 1. The van der Waals surface area contributed by atoms with Gasteiger partial charge in [-0.05, 0) is 30.7 Å². The minimum Gasteiger partial charge on any atom is -0.493 e. The van der Waals surface area contributed by atoms with Gasteiger partial charge in [0.2, 0.25) is 5.91 Å². The summed E-state index contributed by atoms with van der Waals surface area (Å²) in [6.45, 7) is 2.09. The van der Waals surface area contributed by atoms with Crippen LogP contribution in [0.15, 0.2) is 59.9 Å². The zero-order chi connectivity index (χ0) is 33.4. The Hall–Kier alpha value is -4.63. The molecule has 1 aliphatic heterocycles. The van der Waals surface area contributed by atoms with Crippen molar-refractivity contribution in [3.8, 4) is 17.2 Å². The molecule has 0 saturated carbocycles. The van der Waals surface area contributed by atoms with Crippen molar-refractivity contribution in [1.82, 2.24) is 14.5 Å². The van der Waals surface area contributed by atoms with Crippen molar-refractivity contribution in [1.29, 1.82) is 0 Å². The molecule has 0 aliphatic carbocycles. The molecule has 1 saturated heterocycles. The Balaban J connectivity index is 1.55. The van der Waals surface area contributed by atoms with Gasteiger partial charge in [0.25, 0.3) is 16.0 Å². The number of ether oxygens (including phenoxy) is 3. The Morgan fingerprint density at radius 1 is 1.07 bits per heavy atom. The smallest absolute Gasteiger partial charge is 0.326 e. The normalized spacial score (nSPS) is 16.9. The van der Waals surface area contributed by atoms with E-state index in [9.17, 15) is 32.5 Å². The van der Waals surface area contributed by atoms with Crippen molar-refractivity contribution < 1.29 is 46.7 Å². The summed E-state index contributed by atoms with van der Waals surface area (Å²) in [7, 11) is -1.67. The van der Waals surface area contributed by atoms with Crippen LogP contribution in [-0.4, -0.2) is 83.2 Å². The van der Waals surface area contributed by atoms with Crippen LogP contribution in [0.2, 0.25) is 0 Å². The number of nitrogens with zero attached hydrogens (tertiary/aromatic N) is 3. The number of anilines is 1. The summed E-state index contributed by atoms with van der Waals surface area (Å²) < 4.78 is 51.2. The second-order valence-electron chi connectivity index (χ2n) is 10.8. The molecule has 46 heavy (non-hydrogen) atoms. The maximum Gasteiger partial charge on any atom is 0.326 e. The largest absolute Gasteiger partial charge is 0.493 e. The van der Waals surface area contributed by atoms with E-state index in [4.69, 9.17) is 14.2 Å². The zero-order valence-corrected chi connectivity index (χ0v) is 26.6. The zero-order valence-electron chi connectivity index (χ0n) is 25.8. The molecule has 3 N–H and O–H groups in total. The van der Waals surface area contributed by atoms with Crippen LogP contribution >= 0.6 is 0 Å². The van der Waals surface area contributed by atoms with Gasteiger partial charge in [0.1, 0.15) is 28.8 Å². The fourth-order valence-corrected chi connectivity index (χ4v) is 6.12. The van der Waals surface area contributed by atoms with Gasteiger partial charge in [0.05, 0.1) is 32.7 Å². The van der Waals surface area contributed by atoms with Crippen molar-refractivity contribution in [3.63, 3.8) is 0 Å². The van der Waals surface area contributed by atoms with Crippen molar-refractivity contribution in [2.75, 3.05) is 26.1 Å². The predicted octanol–water partition coefficient (Wildman–Crippen LogP) is 4.04. The van der Waals surface area contributed by atoms with Crippen LogP contribution < -0.4 is 19.5 Å². The number of aliphatic carboxylic acids is 1. The number of carbonyl (C=O) groups excluding carboxylic acids is 2. The fourth-order valence-electron chi connectivity index (χ4n) is 5.43. The summed E-state index contributed by atoms with van der Waals surface area (Å²) in [5.41, 5.74) is -0.284. The number of benzene rings is 2. The van der Waals surface area contributed by atoms with E-state index < -0.39 is 51.0 Å². The molecule has 1 aromatic heterocycles. The van der Waals surface area contributed by atoms with Crippen LogP contribution in [0.25, 0.3) is 0 Å². The van der Waals surface area contributed by atoms with E-state index in [1.54, 1.807) is 18.2 Å². The molecule has 3 aromatic rings. The highest BCUT2D eigenvalue weighted by Gasteiger charge is 2.43. The van der Waals surface area contributed by atoms with E-state index in [0.717, 1.165) is 25.3 Å². The lowest BCUT2D eigenvalue weighted by Gasteiger charge is -2.27. The molecule has 14 nitrogen and oxygen atoms in total. The Bertz CT molecular complexity index is 1660. The number of hydrogen-bond acceptors (Lipinski definition) is 9. The van der Waals surface area contributed by atoms with Gasteiger partial charge in [-0.2, -0.15) is 8.42 Å². The summed E-state index contributed by atoms with van der Waals surface area (Å²) in [5.74, 6) is -1.01. The molecule has 0 unspecified atom stereocenters. The maximum atomic E-state index is 14.1. The van der Waals surface area contributed by atoms with Crippen LogP contribution in [0.1, 0.15) is 61.8 Å². The van der Waals surface area contributed by atoms with E-state index in [1.165, 1.54) is 54.4 Å². The minimum atomic E-state index is -4.67. The highest BCUT2D eigenvalue weighted by Crippen LogP contribution is 2.34. The summed E-state index contributed by atoms with van der Waals surface area (Å²) in [4.78, 5) is 44.2. The van der Waals surface area contributed by atoms with E-state index in [0.29, 0.717) is 30.1 Å². The third kappa shape index (κ3) is 8.14. The summed E-state index contributed by atoms with van der Waals surface area (Å²) in [6, 6.07) is 8.18. The first-order valence-electron chi connectivity index (χ1n) is 14.8. The summed E-state index contributed by atoms with van der Waals surface area (Å²) in [5, 5.41) is 12.5. The topological polar surface area (TPSA) is 187 Å². The van der Waals surface area contributed by atoms with Crippen LogP contribution in [-0.2, 0) is 19.7 Å². The Morgan fingerprint density at radius 2 is 1.80 bits per heavy atom. The summed E-state index contributed by atoms with van der Waals surface area (Å²) in [6.07, 6.45) is 6.12. The maximum absolute atomic E-state index is 14.1. The van der Waals surface area contributed by atoms with Crippen LogP contribution in [0, 0.1) is 0 Å². The first kappa shape index (κ1) is 34.2. The first-order valence-corrected chi connectivity index (χ1v) is 16.2. The molecule has 2 aromatic carbocycles. The number of unbranched alkanes of at least 4 members (excludes halogenated alkanes) is 3. The summed E-state index contributed by atoms with van der Waals surface area (Å²) >= 11 is 0. The number of methoxy groups -OCH3 is 2. The molecule has 248 valence electrons. The molecule has 1 aliphatic rings. The number of amides is 2. The quantitative estimate of drug-likeness (QED) is 0.158. The third-order valence-electron chi connectivity index (χ3n) is 7.72. The highest BCUT2D eigenvalue weighted by molar-refractivity contribution is 7.86. The second kappa shape index (κ2) is 15.1. The van der Waals surface area contributed by atoms with Gasteiger partial charge in [-0.3, -0.25) is 14.1 Å². The Morgan fingerprint density at radius 3 is 2.48 bits per heavy atom. The van der Waals surface area contributed by atoms with Gasteiger partial charge in [-0.15, -0.1) is 0 Å². The van der Waals surface area contributed by atoms with Crippen molar-refractivity contribution in [3.05, 3.63) is 60.6 Å². The lowest BCUT2D eigenvalue weighted by Crippen LogP contribution is -2.44. The van der Waals surface area contributed by atoms with Gasteiger partial charge in [-0.1, -0.05) is 44.7 Å². The first-order chi connectivity index (χ1) is 22.0. The van der Waals surface area contributed by atoms with Gasteiger partial charge in [-0.25, -0.2) is 9.78 Å². The standard InChI is InChI=1S/C31H38N4O10S/c1-4-5-6-7-11-23(34-18-28(32-19-34)33-29(36)22-10-8-9-12-27(22)46(40,41)42)30(37)35-17-21(15-24(35)31(38)39)45-20-13-14-25(43-2)26(16-20)44-3/h8-10,12-14,16,18-19,21,23-24H,4-7,11,15,17H2,1-3H3,(H,33,36)(H,38,39)(H,40,41,42)/t21-,23+,24-/m0/s1. The van der Waals surface area contributed by atoms with Crippen molar-refractivity contribution >= 4 is 33.7 Å². The molecular weight excluding hydrogens is 620 g/mol. The highest BCUT2D eigenvalue weighted by atomic mass is 32.2. The minimum absolute atomic E-state index is 0.0281. The predicted molar refractivity (Wildman–Crippen MR) is 166 cm³/mol. The van der Waals surface area contributed by atoms with E-state index in [1.807, 2.05) is 0 Å². The molecule has 15 heteroatoms. The third-order valence-corrected chi connectivity index (χ3v) is 8.63. The van der Waals surface area contributed by atoms with Gasteiger partial charge < -0.3 is 34.1 Å². The molecule has 0 bridgehead atoms. The van der Waals surface area contributed by atoms with Crippen molar-refractivity contribution in [2.45, 2.75) is 68.5 Å². The molecular formula is C31H38N4O10S. The van der Waals surface area contributed by atoms with Gasteiger partial charge >= 0.3 is 5.97 Å². The molecule has 4 rings (SSSR count). The number of nitrogens with one attached hydrogen (secondary N) is 1. The van der Waals surface area contributed by atoms with E-state index >= 15 is 0 Å². The SMILES string of the molecule is CCCCCC[C@H](C(=O)N1C[C@@H](Oc2ccc(OC)c(OC)c2)C[C@H]1C(=O)O)n1cnc(NC(=O)c2ccccc2S(=O)(=O)O)c1. The molecule has 3 atom stereocenters.